The van der Waals surface area contributed by atoms with E-state index in [1.165, 1.54) is 0 Å². The number of likely N-dealkylation sites (tertiary alicyclic amines) is 1. The van der Waals surface area contributed by atoms with Crippen molar-refractivity contribution in [3.63, 3.8) is 0 Å². The van der Waals surface area contributed by atoms with Gasteiger partial charge in [-0.1, -0.05) is 18.0 Å². The highest BCUT2D eigenvalue weighted by Gasteiger charge is 2.36. The van der Waals surface area contributed by atoms with Crippen LogP contribution in [-0.4, -0.2) is 46.3 Å². The normalized spacial score (nSPS) is 21.9. The molecule has 2 aromatic rings. The van der Waals surface area contributed by atoms with Crippen LogP contribution in [0.3, 0.4) is 0 Å². The summed E-state index contributed by atoms with van der Waals surface area (Å²) in [6.45, 7) is 7.24. The second-order valence-corrected chi connectivity index (χ2v) is 10.4. The zero-order valence-electron chi connectivity index (χ0n) is 17.2. The van der Waals surface area contributed by atoms with E-state index in [0.29, 0.717) is 40.5 Å². The van der Waals surface area contributed by atoms with E-state index in [0.717, 1.165) is 30.3 Å². The Balaban J connectivity index is 1.75. The van der Waals surface area contributed by atoms with E-state index in [-0.39, 0.29) is 23.2 Å². The molecule has 1 unspecified atom stereocenters. The maximum absolute atomic E-state index is 12.8. The zero-order valence-corrected chi connectivity index (χ0v) is 20.3. The van der Waals surface area contributed by atoms with Crippen molar-refractivity contribution in [1.29, 1.82) is 0 Å². The Morgan fingerprint density at radius 1 is 1.30 bits per heavy atom. The largest absolute Gasteiger partial charge is 0.491 e. The van der Waals surface area contributed by atoms with Crippen LogP contribution in [0, 0.1) is 5.92 Å². The fraction of sp³-hybridized carbons (Fsp3) is 0.571. The lowest BCUT2D eigenvalue weighted by molar-refractivity contribution is 0.0171. The smallest absolute Gasteiger partial charge is 0.410 e. The van der Waals surface area contributed by atoms with E-state index >= 15 is 0 Å². The van der Waals surface area contributed by atoms with Crippen molar-refractivity contribution in [3.8, 4) is 5.75 Å². The summed E-state index contributed by atoms with van der Waals surface area (Å²) in [5, 5.41) is 1.50. The van der Waals surface area contributed by atoms with Gasteiger partial charge < -0.3 is 14.4 Å². The van der Waals surface area contributed by atoms with Crippen molar-refractivity contribution in [2.24, 2.45) is 5.92 Å². The highest BCUT2D eigenvalue weighted by Crippen LogP contribution is 2.47. The predicted octanol–water partition coefficient (Wildman–Crippen LogP) is 6.21. The monoisotopic (exact) mass is 515 g/mol. The highest BCUT2D eigenvalue weighted by molar-refractivity contribution is 9.10. The van der Waals surface area contributed by atoms with Gasteiger partial charge in [0.05, 0.1) is 28.2 Å². The van der Waals surface area contributed by atoms with Crippen molar-refractivity contribution in [3.05, 3.63) is 26.5 Å². The molecule has 0 bridgehead atoms. The number of hydrogen-bond acceptors (Lipinski definition) is 5. The number of carbonyl (C=O) groups is 1. The first-order valence-electron chi connectivity index (χ1n) is 10.1. The van der Waals surface area contributed by atoms with Crippen molar-refractivity contribution >= 4 is 56.1 Å². The Kier molecular flexibility index (Phi) is 6.08. The molecule has 0 aliphatic carbocycles. The summed E-state index contributed by atoms with van der Waals surface area (Å²) in [5.41, 5.74) is 1.01. The van der Waals surface area contributed by atoms with Crippen molar-refractivity contribution in [2.45, 2.75) is 51.6 Å². The van der Waals surface area contributed by atoms with E-state index in [1.807, 2.05) is 26.8 Å². The van der Waals surface area contributed by atoms with Gasteiger partial charge >= 0.3 is 6.09 Å². The van der Waals surface area contributed by atoms with E-state index in [9.17, 15) is 4.79 Å². The molecule has 0 saturated carbocycles. The number of amides is 1. The average Bonchev–Trinajstić information content (AvgIpc) is 2.75. The quantitative estimate of drug-likeness (QED) is 0.389. The van der Waals surface area contributed by atoms with Crippen molar-refractivity contribution < 1.29 is 14.3 Å². The van der Waals surface area contributed by atoms with Crippen LogP contribution in [0.4, 0.5) is 4.79 Å². The lowest BCUT2D eigenvalue weighted by Crippen LogP contribution is -2.43. The maximum Gasteiger partial charge on any atom is 0.410 e. The van der Waals surface area contributed by atoms with Crippen LogP contribution in [-0.2, 0) is 4.74 Å². The molecular weight excluding hydrogens is 493 g/mol. The fourth-order valence-electron chi connectivity index (χ4n) is 4.23. The summed E-state index contributed by atoms with van der Waals surface area (Å²) in [5.74, 6) is 0.689. The molecular formula is C21H24BrCl2N3O3. The van der Waals surface area contributed by atoms with Gasteiger partial charge in [0.25, 0.3) is 0 Å². The SMILES string of the molecule is CC(C)(C)OC(=O)N1CCCCC2c3nc(Cl)nc4cc(Br)c(Cl)c(c34)OC[C@H]2C1. The number of benzene rings is 1. The van der Waals surface area contributed by atoms with Gasteiger partial charge in [0, 0.05) is 29.4 Å². The third-order valence-corrected chi connectivity index (χ3v) is 6.90. The number of rotatable bonds is 0. The molecule has 2 aliphatic rings. The number of nitrogens with zero attached hydrogens (tertiary/aromatic N) is 3. The zero-order chi connectivity index (χ0) is 21.6. The van der Waals surface area contributed by atoms with Gasteiger partial charge in [-0.3, -0.25) is 0 Å². The second-order valence-electron chi connectivity index (χ2n) is 8.87. The lowest BCUT2D eigenvalue weighted by atomic mass is 9.83. The molecule has 1 amide bonds. The Hall–Kier alpha value is -1.31. The molecule has 4 rings (SSSR count). The Morgan fingerprint density at radius 2 is 2.07 bits per heavy atom. The molecule has 0 radical (unpaired) electrons. The van der Waals surface area contributed by atoms with E-state index in [4.69, 9.17) is 32.7 Å². The summed E-state index contributed by atoms with van der Waals surface area (Å²) in [6, 6.07) is 1.85. The molecule has 0 spiro atoms. The third-order valence-electron chi connectivity index (χ3n) is 5.50. The Morgan fingerprint density at radius 3 is 2.80 bits per heavy atom. The molecule has 0 N–H and O–H groups in total. The number of ether oxygens (including phenoxy) is 2. The number of fused-ring (bicyclic) bond motifs is 2. The molecule has 6 nitrogen and oxygen atoms in total. The summed E-state index contributed by atoms with van der Waals surface area (Å²) >= 11 is 16.3. The maximum atomic E-state index is 12.8. The van der Waals surface area contributed by atoms with Crippen LogP contribution in [0.2, 0.25) is 10.3 Å². The van der Waals surface area contributed by atoms with Gasteiger partial charge in [0.1, 0.15) is 11.4 Å². The highest BCUT2D eigenvalue weighted by atomic mass is 79.9. The lowest BCUT2D eigenvalue weighted by Gasteiger charge is -2.34. The standard InChI is InChI=1S/C21H24BrCl2N3O3/c1-21(2,3)30-20(28)27-7-5-4-6-12-11(9-27)10-29-18-15-14(8-13(22)16(18)23)25-19(24)26-17(12)15/h8,11-12H,4-7,9-10H2,1-3H3/t11-,12?/m1/s1. The molecule has 1 fully saturated rings. The average molecular weight is 517 g/mol. The fourth-order valence-corrected chi connectivity index (χ4v) is 5.01. The first kappa shape index (κ1) is 21.9. The van der Waals surface area contributed by atoms with Crippen molar-refractivity contribution in [2.75, 3.05) is 19.7 Å². The molecule has 1 aromatic carbocycles. The Bertz CT molecular complexity index is 996. The minimum Gasteiger partial charge on any atom is -0.491 e. The minimum absolute atomic E-state index is 0.0363. The molecule has 1 aromatic heterocycles. The molecule has 3 heterocycles. The third kappa shape index (κ3) is 4.34. The minimum atomic E-state index is -0.540. The first-order valence-corrected chi connectivity index (χ1v) is 11.6. The number of halogens is 3. The van der Waals surface area contributed by atoms with Crippen LogP contribution >= 0.6 is 39.1 Å². The summed E-state index contributed by atoms with van der Waals surface area (Å²) in [4.78, 5) is 23.6. The van der Waals surface area contributed by atoms with Gasteiger partial charge in [-0.05, 0) is 67.2 Å². The molecule has 2 aliphatic heterocycles. The van der Waals surface area contributed by atoms with Crippen LogP contribution in [0.5, 0.6) is 5.75 Å². The van der Waals surface area contributed by atoms with E-state index < -0.39 is 5.60 Å². The topological polar surface area (TPSA) is 64.5 Å². The van der Waals surface area contributed by atoms with Gasteiger partial charge in [-0.2, -0.15) is 0 Å². The Labute approximate surface area is 194 Å². The van der Waals surface area contributed by atoms with Crippen LogP contribution in [0.1, 0.15) is 51.6 Å². The van der Waals surface area contributed by atoms with Crippen LogP contribution in [0.15, 0.2) is 10.5 Å². The molecule has 1 saturated heterocycles. The van der Waals surface area contributed by atoms with Crippen LogP contribution < -0.4 is 4.74 Å². The summed E-state index contributed by atoms with van der Waals surface area (Å²) in [6.07, 6.45) is 2.50. The summed E-state index contributed by atoms with van der Waals surface area (Å²) in [7, 11) is 0. The number of aromatic nitrogens is 2. The molecule has 9 heteroatoms. The predicted molar refractivity (Wildman–Crippen MR) is 121 cm³/mol. The molecule has 162 valence electrons. The number of carbonyl (C=O) groups excluding carboxylic acids is 1. The van der Waals surface area contributed by atoms with E-state index in [2.05, 4.69) is 25.9 Å². The number of hydrogen-bond donors (Lipinski definition) is 0. The molecule has 2 atom stereocenters. The molecule has 30 heavy (non-hydrogen) atoms. The van der Waals surface area contributed by atoms with Gasteiger partial charge in [0.2, 0.25) is 5.28 Å². The van der Waals surface area contributed by atoms with Gasteiger partial charge in [0.15, 0.2) is 0 Å². The van der Waals surface area contributed by atoms with E-state index in [1.54, 1.807) is 4.90 Å². The van der Waals surface area contributed by atoms with Crippen molar-refractivity contribution in [1.82, 2.24) is 14.9 Å². The summed E-state index contributed by atoms with van der Waals surface area (Å²) < 4.78 is 12.5. The van der Waals surface area contributed by atoms with Crippen LogP contribution in [0.25, 0.3) is 10.9 Å². The van der Waals surface area contributed by atoms with Gasteiger partial charge in [-0.15, -0.1) is 0 Å². The first-order chi connectivity index (χ1) is 14.1. The second kappa shape index (κ2) is 8.32. The van der Waals surface area contributed by atoms with Gasteiger partial charge in [-0.25, -0.2) is 14.8 Å².